The Morgan fingerprint density at radius 2 is 1.95 bits per heavy atom. The number of pyridine rings is 1. The highest BCUT2D eigenvalue weighted by atomic mass is 14.7. The first-order valence-corrected chi connectivity index (χ1v) is 7.28. The van der Waals surface area contributed by atoms with E-state index < -0.39 is 0 Å². The Morgan fingerprint density at radius 1 is 1.10 bits per heavy atom. The number of hydrogen-bond acceptors (Lipinski definition) is 2. The van der Waals surface area contributed by atoms with Crippen molar-refractivity contribution < 1.29 is 0 Å². The molecule has 0 amide bonds. The Kier molecular flexibility index (Phi) is 2.54. The topological polar surface area (TPSA) is 38.9 Å². The lowest BCUT2D eigenvalue weighted by Crippen LogP contribution is -2.13. The molecule has 0 radical (unpaired) electrons. The Bertz CT molecular complexity index is 696. The molecule has 0 aliphatic heterocycles. The molecule has 20 heavy (non-hydrogen) atoms. The summed E-state index contributed by atoms with van der Waals surface area (Å²) >= 11 is 0. The highest BCUT2D eigenvalue weighted by Crippen LogP contribution is 2.59. The summed E-state index contributed by atoms with van der Waals surface area (Å²) in [4.78, 5) is 4.51. The zero-order chi connectivity index (χ0) is 13.6. The van der Waals surface area contributed by atoms with Crippen LogP contribution in [0.1, 0.15) is 35.2 Å². The molecule has 1 fully saturated rings. The fraction of sp³-hybridized carbons (Fsp3) is 0.278. The fourth-order valence-electron chi connectivity index (χ4n) is 3.58. The second-order valence-electron chi connectivity index (χ2n) is 5.76. The quantitative estimate of drug-likeness (QED) is 0.922. The molecule has 0 spiro atoms. The number of hydrogen-bond donors (Lipinski definition) is 1. The van der Waals surface area contributed by atoms with Crippen molar-refractivity contribution in [1.82, 2.24) is 4.98 Å². The standard InChI is InChI=1S/C18H18N2/c19-12-13-4-1-2-6-15(13)18(9-10-18)16-7-8-17-14(16)5-3-11-20-17/h1-7,11H,8-10,12,19H2. The molecule has 1 heterocycles. The first kappa shape index (κ1) is 11.9. The van der Waals surface area contributed by atoms with Crippen LogP contribution in [0.4, 0.5) is 0 Å². The number of nitrogens with two attached hydrogens (primary N) is 1. The van der Waals surface area contributed by atoms with E-state index in [9.17, 15) is 0 Å². The lowest BCUT2D eigenvalue weighted by molar-refractivity contribution is 0.877. The lowest BCUT2D eigenvalue weighted by Gasteiger charge is -2.21. The van der Waals surface area contributed by atoms with Gasteiger partial charge in [0.15, 0.2) is 0 Å². The normalized spacial score (nSPS) is 18.6. The number of aromatic nitrogens is 1. The largest absolute Gasteiger partial charge is 0.326 e. The van der Waals surface area contributed by atoms with Crippen LogP contribution in [-0.2, 0) is 18.4 Å². The molecule has 1 saturated carbocycles. The molecule has 2 aromatic rings. The minimum atomic E-state index is 0.199. The summed E-state index contributed by atoms with van der Waals surface area (Å²) in [6.07, 6.45) is 7.69. The van der Waals surface area contributed by atoms with Crippen LogP contribution in [0.15, 0.2) is 48.7 Å². The molecule has 2 aliphatic carbocycles. The maximum absolute atomic E-state index is 5.94. The van der Waals surface area contributed by atoms with Gasteiger partial charge in [0.1, 0.15) is 0 Å². The van der Waals surface area contributed by atoms with E-state index in [-0.39, 0.29) is 5.41 Å². The van der Waals surface area contributed by atoms with E-state index in [1.165, 1.54) is 40.8 Å². The van der Waals surface area contributed by atoms with Crippen LogP contribution < -0.4 is 5.73 Å². The van der Waals surface area contributed by atoms with E-state index in [2.05, 4.69) is 41.4 Å². The molecule has 4 rings (SSSR count). The summed E-state index contributed by atoms with van der Waals surface area (Å²) in [5, 5.41) is 0. The highest BCUT2D eigenvalue weighted by Gasteiger charge is 2.49. The summed E-state index contributed by atoms with van der Waals surface area (Å²) in [5.41, 5.74) is 12.9. The minimum absolute atomic E-state index is 0.199. The van der Waals surface area contributed by atoms with Gasteiger partial charge in [-0.3, -0.25) is 4.98 Å². The van der Waals surface area contributed by atoms with Crippen molar-refractivity contribution in [2.75, 3.05) is 0 Å². The number of allylic oxidation sites excluding steroid dienone is 2. The van der Waals surface area contributed by atoms with E-state index in [1.54, 1.807) is 0 Å². The number of rotatable bonds is 3. The van der Waals surface area contributed by atoms with E-state index in [0.29, 0.717) is 6.54 Å². The summed E-state index contributed by atoms with van der Waals surface area (Å²) in [7, 11) is 0. The van der Waals surface area contributed by atoms with Crippen LogP contribution >= 0.6 is 0 Å². The molecule has 0 atom stereocenters. The molecule has 2 aliphatic rings. The fourth-order valence-corrected chi connectivity index (χ4v) is 3.58. The highest BCUT2D eigenvalue weighted by molar-refractivity contribution is 5.82. The SMILES string of the molecule is NCc1ccccc1C1(C2=CCc3ncccc32)CC1. The Morgan fingerprint density at radius 3 is 2.75 bits per heavy atom. The summed E-state index contributed by atoms with van der Waals surface area (Å²) in [5.74, 6) is 0. The zero-order valence-electron chi connectivity index (χ0n) is 11.5. The van der Waals surface area contributed by atoms with Crippen LogP contribution in [0.5, 0.6) is 0 Å². The van der Waals surface area contributed by atoms with Gasteiger partial charge in [0.25, 0.3) is 0 Å². The molecule has 0 bridgehead atoms. The van der Waals surface area contributed by atoms with Crippen molar-refractivity contribution in [3.8, 4) is 0 Å². The van der Waals surface area contributed by atoms with Crippen molar-refractivity contribution in [1.29, 1.82) is 0 Å². The molecular formula is C18H18N2. The van der Waals surface area contributed by atoms with Crippen LogP contribution in [0.3, 0.4) is 0 Å². The second kappa shape index (κ2) is 4.29. The van der Waals surface area contributed by atoms with E-state index in [0.717, 1.165) is 6.42 Å². The maximum Gasteiger partial charge on any atom is 0.0516 e. The van der Waals surface area contributed by atoms with Gasteiger partial charge in [0.05, 0.1) is 5.69 Å². The second-order valence-corrected chi connectivity index (χ2v) is 5.76. The number of fused-ring (bicyclic) bond motifs is 1. The van der Waals surface area contributed by atoms with Gasteiger partial charge >= 0.3 is 0 Å². The van der Waals surface area contributed by atoms with E-state index in [4.69, 9.17) is 5.73 Å². The van der Waals surface area contributed by atoms with Crippen molar-refractivity contribution in [2.24, 2.45) is 5.73 Å². The van der Waals surface area contributed by atoms with Gasteiger partial charge in [-0.25, -0.2) is 0 Å². The smallest absolute Gasteiger partial charge is 0.0516 e. The van der Waals surface area contributed by atoms with Crippen LogP contribution in [0.25, 0.3) is 5.57 Å². The Balaban J connectivity index is 1.83. The van der Waals surface area contributed by atoms with E-state index in [1.807, 2.05) is 12.3 Å². The molecular weight excluding hydrogens is 244 g/mol. The summed E-state index contributed by atoms with van der Waals surface area (Å²) < 4.78 is 0. The Hall–Kier alpha value is -1.93. The van der Waals surface area contributed by atoms with Gasteiger partial charge in [-0.15, -0.1) is 0 Å². The predicted molar refractivity (Wildman–Crippen MR) is 81.2 cm³/mol. The van der Waals surface area contributed by atoms with Crippen molar-refractivity contribution >= 4 is 5.57 Å². The molecule has 1 aromatic heterocycles. The van der Waals surface area contributed by atoms with Crippen molar-refractivity contribution in [3.63, 3.8) is 0 Å². The molecule has 100 valence electrons. The summed E-state index contributed by atoms with van der Waals surface area (Å²) in [6.45, 7) is 0.616. The van der Waals surface area contributed by atoms with Crippen molar-refractivity contribution in [2.45, 2.75) is 31.2 Å². The van der Waals surface area contributed by atoms with Crippen molar-refractivity contribution in [3.05, 3.63) is 71.1 Å². The van der Waals surface area contributed by atoms with Gasteiger partial charge in [0, 0.05) is 30.1 Å². The first-order chi connectivity index (χ1) is 9.85. The van der Waals surface area contributed by atoms with Gasteiger partial charge in [0.2, 0.25) is 0 Å². The van der Waals surface area contributed by atoms with Gasteiger partial charge in [-0.2, -0.15) is 0 Å². The van der Waals surface area contributed by atoms with Crippen LogP contribution in [0, 0.1) is 0 Å². The minimum Gasteiger partial charge on any atom is -0.326 e. The molecule has 2 N–H and O–H groups in total. The lowest BCUT2D eigenvalue weighted by atomic mass is 9.82. The Labute approximate surface area is 119 Å². The van der Waals surface area contributed by atoms with Gasteiger partial charge in [-0.05, 0) is 35.6 Å². The number of benzene rings is 1. The van der Waals surface area contributed by atoms with Gasteiger partial charge in [-0.1, -0.05) is 36.4 Å². The third-order valence-electron chi connectivity index (χ3n) is 4.70. The molecule has 0 saturated heterocycles. The predicted octanol–water partition coefficient (Wildman–Crippen LogP) is 3.21. The van der Waals surface area contributed by atoms with Crippen LogP contribution in [0.2, 0.25) is 0 Å². The van der Waals surface area contributed by atoms with E-state index >= 15 is 0 Å². The zero-order valence-corrected chi connectivity index (χ0v) is 11.5. The third kappa shape index (κ3) is 1.58. The third-order valence-corrected chi connectivity index (χ3v) is 4.70. The average Bonchev–Trinajstić information content (AvgIpc) is 3.20. The maximum atomic E-state index is 5.94. The monoisotopic (exact) mass is 262 g/mol. The average molecular weight is 262 g/mol. The molecule has 2 nitrogen and oxygen atoms in total. The molecule has 1 aromatic carbocycles. The first-order valence-electron chi connectivity index (χ1n) is 7.28. The molecule has 0 unspecified atom stereocenters. The van der Waals surface area contributed by atoms with Crippen LogP contribution in [-0.4, -0.2) is 4.98 Å². The molecule has 2 heteroatoms. The number of nitrogens with zero attached hydrogens (tertiary/aromatic N) is 1. The summed E-state index contributed by atoms with van der Waals surface area (Å²) in [6, 6.07) is 12.9. The van der Waals surface area contributed by atoms with Gasteiger partial charge < -0.3 is 5.73 Å².